The van der Waals surface area contributed by atoms with Gasteiger partial charge in [0.1, 0.15) is 6.10 Å². The van der Waals surface area contributed by atoms with E-state index in [-0.39, 0.29) is 42.6 Å². The van der Waals surface area contributed by atoms with E-state index in [1.54, 1.807) is 0 Å². The lowest BCUT2D eigenvalue weighted by atomic mass is 9.99. The lowest BCUT2D eigenvalue weighted by Crippen LogP contribution is -2.33. The lowest BCUT2D eigenvalue weighted by Gasteiger charge is -2.24. The van der Waals surface area contributed by atoms with Crippen molar-refractivity contribution in [3.63, 3.8) is 0 Å². The highest BCUT2D eigenvalue weighted by molar-refractivity contribution is 5.90. The molecule has 0 aromatic carbocycles. The number of rotatable bonds is 25. The van der Waals surface area contributed by atoms with Crippen molar-refractivity contribution in [2.45, 2.75) is 217 Å². The van der Waals surface area contributed by atoms with Crippen LogP contribution in [0.4, 0.5) is 0 Å². The highest BCUT2D eigenvalue weighted by atomic mass is 16.6. The van der Waals surface area contributed by atoms with E-state index in [4.69, 9.17) is 14.2 Å². The standard InChI is InChI=1S/C37H66O7/c1-3-4-5-15-19-30(38)20-17-22-32(40)34-24-26-36(44-34)35-25-23-33(43-35)31(39)21-16-13-11-9-7-6-8-10-12-14-18-29-27-28(2)42-37(29)41/h27-28,30-36,38-40H,3-26H2,1-2H3/t28-,30-,31+,32+,33+,34+,35+,36+/m0/s1. The van der Waals surface area contributed by atoms with E-state index < -0.39 is 12.2 Å². The molecule has 7 heteroatoms. The molecule has 3 rings (SSSR count). The molecular formula is C37H66O7. The van der Waals surface area contributed by atoms with Crippen molar-refractivity contribution in [2.24, 2.45) is 0 Å². The molecule has 8 atom stereocenters. The van der Waals surface area contributed by atoms with Crippen LogP contribution in [0, 0.1) is 0 Å². The normalized spacial score (nSPS) is 27.4. The summed E-state index contributed by atoms with van der Waals surface area (Å²) < 4.78 is 17.7. The van der Waals surface area contributed by atoms with E-state index in [0.717, 1.165) is 89.0 Å². The Balaban J connectivity index is 1.13. The van der Waals surface area contributed by atoms with Crippen molar-refractivity contribution >= 4 is 5.97 Å². The Hall–Kier alpha value is -0.990. The van der Waals surface area contributed by atoms with Crippen molar-refractivity contribution < 1.29 is 34.3 Å². The summed E-state index contributed by atoms with van der Waals surface area (Å²) in [6.07, 6.45) is 25.7. The topological polar surface area (TPSA) is 105 Å². The Morgan fingerprint density at radius 2 is 1.14 bits per heavy atom. The van der Waals surface area contributed by atoms with E-state index in [0.29, 0.717) is 6.42 Å². The summed E-state index contributed by atoms with van der Waals surface area (Å²) in [5.41, 5.74) is 0.863. The average molecular weight is 623 g/mol. The molecule has 0 aromatic heterocycles. The van der Waals surface area contributed by atoms with Crippen LogP contribution in [0.2, 0.25) is 0 Å². The zero-order chi connectivity index (χ0) is 31.6. The lowest BCUT2D eigenvalue weighted by molar-refractivity contribution is -0.139. The van der Waals surface area contributed by atoms with Crippen molar-refractivity contribution in [1.29, 1.82) is 0 Å². The van der Waals surface area contributed by atoms with E-state index in [2.05, 4.69) is 6.92 Å². The third-order valence-corrected chi connectivity index (χ3v) is 10.1. The molecule has 0 bridgehead atoms. The van der Waals surface area contributed by atoms with Crippen LogP contribution in [0.1, 0.15) is 168 Å². The number of hydrogen-bond donors (Lipinski definition) is 3. The quantitative estimate of drug-likeness (QED) is 0.0703. The van der Waals surface area contributed by atoms with Gasteiger partial charge in [0.05, 0.1) is 42.7 Å². The molecule has 3 aliphatic heterocycles. The summed E-state index contributed by atoms with van der Waals surface area (Å²) in [5.74, 6) is -0.123. The first-order valence-corrected chi connectivity index (χ1v) is 18.6. The summed E-state index contributed by atoms with van der Waals surface area (Å²) in [6.45, 7) is 4.11. The van der Waals surface area contributed by atoms with Crippen LogP contribution in [0.3, 0.4) is 0 Å². The number of unbranched alkanes of at least 4 members (excludes halogenated alkanes) is 12. The molecule has 0 radical (unpaired) electrons. The highest BCUT2D eigenvalue weighted by Crippen LogP contribution is 2.34. The van der Waals surface area contributed by atoms with E-state index in [1.807, 2.05) is 13.0 Å². The van der Waals surface area contributed by atoms with Gasteiger partial charge in [-0.1, -0.05) is 90.4 Å². The molecule has 0 spiro atoms. The smallest absolute Gasteiger partial charge is 0.334 e. The van der Waals surface area contributed by atoms with Gasteiger partial charge in [-0.15, -0.1) is 0 Å². The van der Waals surface area contributed by atoms with Crippen LogP contribution >= 0.6 is 0 Å². The zero-order valence-corrected chi connectivity index (χ0v) is 28.1. The highest BCUT2D eigenvalue weighted by Gasteiger charge is 2.40. The van der Waals surface area contributed by atoms with Gasteiger partial charge in [-0.2, -0.15) is 0 Å². The first-order chi connectivity index (χ1) is 21.4. The van der Waals surface area contributed by atoms with Crippen molar-refractivity contribution in [3.05, 3.63) is 11.6 Å². The number of carbonyl (C=O) groups is 1. The van der Waals surface area contributed by atoms with Crippen molar-refractivity contribution in [3.8, 4) is 0 Å². The molecule has 0 unspecified atom stereocenters. The van der Waals surface area contributed by atoms with Crippen LogP contribution < -0.4 is 0 Å². The van der Waals surface area contributed by atoms with Crippen LogP contribution in [0.15, 0.2) is 11.6 Å². The Bertz CT molecular complexity index is 801. The molecule has 0 aliphatic carbocycles. The van der Waals surface area contributed by atoms with Crippen molar-refractivity contribution in [1.82, 2.24) is 0 Å². The SMILES string of the molecule is CCCCCC[C@H](O)CCC[C@@H](O)[C@H]1CC[C@H]([C@H]2CC[C@H]([C@H](O)CCCCCCCCCCCCC3=C[C@H](C)OC3=O)O2)O1. The third-order valence-electron chi connectivity index (χ3n) is 10.1. The molecular weight excluding hydrogens is 556 g/mol. The predicted octanol–water partition coefficient (Wildman–Crippen LogP) is 7.86. The van der Waals surface area contributed by atoms with Gasteiger partial charge in [-0.3, -0.25) is 0 Å². The Morgan fingerprint density at radius 1 is 0.659 bits per heavy atom. The van der Waals surface area contributed by atoms with Gasteiger partial charge in [-0.25, -0.2) is 4.79 Å². The molecule has 3 N–H and O–H groups in total. The Labute approximate surface area is 268 Å². The van der Waals surface area contributed by atoms with Gasteiger partial charge in [0.15, 0.2) is 0 Å². The van der Waals surface area contributed by atoms with Crippen molar-refractivity contribution in [2.75, 3.05) is 0 Å². The fraction of sp³-hybridized carbons (Fsp3) is 0.919. The fourth-order valence-electron chi connectivity index (χ4n) is 7.28. The summed E-state index contributed by atoms with van der Waals surface area (Å²) in [5, 5.41) is 31.6. The maximum absolute atomic E-state index is 11.6. The number of cyclic esters (lactones) is 1. The minimum absolute atomic E-state index is 0.0170. The molecule has 0 amide bonds. The number of ether oxygens (including phenoxy) is 3. The molecule has 0 aromatic rings. The maximum atomic E-state index is 11.6. The van der Waals surface area contributed by atoms with Gasteiger partial charge in [0, 0.05) is 5.57 Å². The second-order valence-electron chi connectivity index (χ2n) is 14.0. The minimum atomic E-state index is -0.479. The maximum Gasteiger partial charge on any atom is 0.334 e. The third kappa shape index (κ3) is 14.2. The number of hydrogen-bond acceptors (Lipinski definition) is 7. The van der Waals surface area contributed by atoms with Crippen LogP contribution in [0.5, 0.6) is 0 Å². The van der Waals surface area contributed by atoms with Gasteiger partial charge in [0.2, 0.25) is 0 Å². The summed E-state index contributed by atoms with van der Waals surface area (Å²) >= 11 is 0. The fourth-order valence-corrected chi connectivity index (χ4v) is 7.28. The molecule has 256 valence electrons. The number of aliphatic hydroxyl groups excluding tert-OH is 3. The predicted molar refractivity (Wildman–Crippen MR) is 175 cm³/mol. The molecule has 2 fully saturated rings. The average Bonchev–Trinajstić information content (AvgIpc) is 3.76. The van der Waals surface area contributed by atoms with Gasteiger partial charge >= 0.3 is 5.97 Å². The van der Waals surface area contributed by atoms with Gasteiger partial charge in [0.25, 0.3) is 0 Å². The second kappa shape index (κ2) is 21.7. The Morgan fingerprint density at radius 3 is 1.68 bits per heavy atom. The van der Waals surface area contributed by atoms with E-state index in [1.165, 1.54) is 64.2 Å². The molecule has 7 nitrogen and oxygen atoms in total. The molecule has 0 saturated carbocycles. The largest absolute Gasteiger partial charge is 0.455 e. The number of carbonyl (C=O) groups excluding carboxylic acids is 1. The van der Waals surface area contributed by atoms with Crippen LogP contribution in [-0.2, 0) is 19.0 Å². The summed E-state index contributed by atoms with van der Waals surface area (Å²) in [6, 6.07) is 0. The monoisotopic (exact) mass is 622 g/mol. The minimum Gasteiger partial charge on any atom is -0.455 e. The number of esters is 1. The van der Waals surface area contributed by atoms with Gasteiger partial charge < -0.3 is 29.5 Å². The van der Waals surface area contributed by atoms with Crippen LogP contribution in [0.25, 0.3) is 0 Å². The molecule has 3 heterocycles. The molecule has 2 saturated heterocycles. The Kier molecular flexibility index (Phi) is 18.5. The summed E-state index contributed by atoms with van der Waals surface area (Å²) in [4.78, 5) is 11.6. The van der Waals surface area contributed by atoms with E-state index >= 15 is 0 Å². The van der Waals surface area contributed by atoms with Crippen LogP contribution in [-0.4, -0.2) is 70.1 Å². The first-order valence-electron chi connectivity index (χ1n) is 18.6. The molecule has 3 aliphatic rings. The van der Waals surface area contributed by atoms with Gasteiger partial charge in [-0.05, 0) is 83.6 Å². The first kappa shape index (κ1) is 37.5. The van der Waals surface area contributed by atoms with E-state index in [9.17, 15) is 20.1 Å². The number of aliphatic hydroxyl groups is 3. The zero-order valence-electron chi connectivity index (χ0n) is 28.1. The molecule has 44 heavy (non-hydrogen) atoms. The second-order valence-corrected chi connectivity index (χ2v) is 14.0. The summed E-state index contributed by atoms with van der Waals surface area (Å²) in [7, 11) is 0.